The highest BCUT2D eigenvalue weighted by Gasteiger charge is 2.22. The van der Waals surface area contributed by atoms with E-state index in [0.717, 1.165) is 5.75 Å². The maximum absolute atomic E-state index is 11.8. The molecule has 0 spiro atoms. The third-order valence-electron chi connectivity index (χ3n) is 3.10. The minimum atomic E-state index is -0.828. The van der Waals surface area contributed by atoms with Gasteiger partial charge in [0.1, 0.15) is 0 Å². The lowest BCUT2D eigenvalue weighted by Crippen LogP contribution is -2.42. The molecule has 0 fully saturated rings. The molecule has 3 nitrogen and oxygen atoms in total. The molecule has 1 aromatic rings. The summed E-state index contributed by atoms with van der Waals surface area (Å²) in [6.07, 6.45) is 0.684. The van der Waals surface area contributed by atoms with Crippen molar-refractivity contribution in [2.45, 2.75) is 45.5 Å². The monoisotopic (exact) mass is 309 g/mol. The second-order valence-corrected chi connectivity index (χ2v) is 7.34. The molecule has 1 aromatic carbocycles. The standard InChI is InChI=1S/C17H27NO2S/c1-13(2)9-17(4,20)12-18-16(19)11-21-10-15-7-5-6-14(3)8-15/h5-8,13,20H,9-12H2,1-4H3,(H,18,19). The molecule has 1 amide bonds. The molecule has 2 N–H and O–H groups in total. The second-order valence-electron chi connectivity index (χ2n) is 6.35. The summed E-state index contributed by atoms with van der Waals surface area (Å²) in [5, 5.41) is 13.0. The minimum Gasteiger partial charge on any atom is -0.388 e. The molecule has 0 saturated carbocycles. The predicted octanol–water partition coefficient (Wildman–Crippen LogP) is 3.14. The fourth-order valence-electron chi connectivity index (χ4n) is 2.36. The lowest BCUT2D eigenvalue weighted by molar-refractivity contribution is -0.119. The third kappa shape index (κ3) is 8.12. The number of nitrogens with one attached hydrogen (secondary N) is 1. The number of rotatable bonds is 8. The SMILES string of the molecule is Cc1cccc(CSCC(=O)NCC(C)(O)CC(C)C)c1. The summed E-state index contributed by atoms with van der Waals surface area (Å²) in [6.45, 7) is 8.28. The maximum atomic E-state index is 11.8. The number of carbonyl (C=O) groups excluding carboxylic acids is 1. The van der Waals surface area contributed by atoms with Gasteiger partial charge < -0.3 is 10.4 Å². The van der Waals surface area contributed by atoms with E-state index in [9.17, 15) is 9.90 Å². The van der Waals surface area contributed by atoms with Crippen LogP contribution < -0.4 is 5.32 Å². The lowest BCUT2D eigenvalue weighted by atomic mass is 9.94. The van der Waals surface area contributed by atoms with Gasteiger partial charge in [0.2, 0.25) is 5.91 Å². The first kappa shape index (κ1) is 18.1. The normalized spacial score (nSPS) is 14.0. The number of thioether (sulfide) groups is 1. The fraction of sp³-hybridized carbons (Fsp3) is 0.588. The van der Waals surface area contributed by atoms with E-state index in [1.165, 1.54) is 11.1 Å². The molecule has 4 heteroatoms. The van der Waals surface area contributed by atoms with Gasteiger partial charge in [-0.15, -0.1) is 11.8 Å². The summed E-state index contributed by atoms with van der Waals surface area (Å²) in [5.74, 6) is 1.65. The molecular weight excluding hydrogens is 282 g/mol. The van der Waals surface area contributed by atoms with Crippen molar-refractivity contribution in [3.05, 3.63) is 35.4 Å². The summed E-state index contributed by atoms with van der Waals surface area (Å²) in [5.41, 5.74) is 1.65. The fourth-order valence-corrected chi connectivity index (χ4v) is 3.16. The highest BCUT2D eigenvalue weighted by atomic mass is 32.2. The summed E-state index contributed by atoms with van der Waals surface area (Å²) >= 11 is 1.59. The van der Waals surface area contributed by atoms with Crippen LogP contribution in [0.2, 0.25) is 0 Å². The van der Waals surface area contributed by atoms with Crippen molar-refractivity contribution in [1.82, 2.24) is 5.32 Å². The Morgan fingerprint density at radius 2 is 2.14 bits per heavy atom. The first-order chi connectivity index (χ1) is 9.78. The van der Waals surface area contributed by atoms with Crippen molar-refractivity contribution in [2.75, 3.05) is 12.3 Å². The van der Waals surface area contributed by atoms with E-state index in [-0.39, 0.29) is 5.91 Å². The van der Waals surface area contributed by atoms with Gasteiger partial charge in [-0.2, -0.15) is 0 Å². The van der Waals surface area contributed by atoms with Gasteiger partial charge in [0.25, 0.3) is 0 Å². The van der Waals surface area contributed by atoms with Gasteiger partial charge in [0, 0.05) is 12.3 Å². The molecule has 0 radical (unpaired) electrons. The van der Waals surface area contributed by atoms with Crippen LogP contribution in [0.1, 0.15) is 38.3 Å². The first-order valence-electron chi connectivity index (χ1n) is 7.41. The quantitative estimate of drug-likeness (QED) is 0.775. The molecule has 1 atom stereocenters. The Morgan fingerprint density at radius 3 is 2.76 bits per heavy atom. The number of aliphatic hydroxyl groups is 1. The Hall–Kier alpha value is -1.00. The van der Waals surface area contributed by atoms with E-state index in [2.05, 4.69) is 44.3 Å². The molecule has 0 saturated heterocycles. The predicted molar refractivity (Wildman–Crippen MR) is 90.4 cm³/mol. The molecule has 118 valence electrons. The van der Waals surface area contributed by atoms with E-state index >= 15 is 0 Å². The van der Waals surface area contributed by atoms with Crippen LogP contribution in [0.25, 0.3) is 0 Å². The van der Waals surface area contributed by atoms with Crippen molar-refractivity contribution in [3.63, 3.8) is 0 Å². The van der Waals surface area contributed by atoms with Crippen LogP contribution in [0.5, 0.6) is 0 Å². The van der Waals surface area contributed by atoms with Crippen LogP contribution in [0, 0.1) is 12.8 Å². The van der Waals surface area contributed by atoms with E-state index in [1.54, 1.807) is 18.7 Å². The molecule has 1 unspecified atom stereocenters. The molecule has 0 aliphatic rings. The third-order valence-corrected chi connectivity index (χ3v) is 4.10. The average Bonchev–Trinajstić information content (AvgIpc) is 2.35. The van der Waals surface area contributed by atoms with Gasteiger partial charge in [-0.25, -0.2) is 0 Å². The minimum absolute atomic E-state index is 0.0170. The summed E-state index contributed by atoms with van der Waals surface area (Å²) < 4.78 is 0. The largest absolute Gasteiger partial charge is 0.388 e. The van der Waals surface area contributed by atoms with Crippen molar-refractivity contribution in [2.24, 2.45) is 5.92 Å². The van der Waals surface area contributed by atoms with Crippen LogP contribution >= 0.6 is 11.8 Å². The highest BCUT2D eigenvalue weighted by Crippen LogP contribution is 2.16. The molecule has 0 aliphatic heterocycles. The van der Waals surface area contributed by atoms with Crippen LogP contribution in [0.15, 0.2) is 24.3 Å². The lowest BCUT2D eigenvalue weighted by Gasteiger charge is -2.25. The molecular formula is C17H27NO2S. The smallest absolute Gasteiger partial charge is 0.230 e. The molecule has 1 rings (SSSR count). The number of benzene rings is 1. The van der Waals surface area contributed by atoms with E-state index in [4.69, 9.17) is 0 Å². The molecule has 0 heterocycles. The van der Waals surface area contributed by atoms with E-state index in [0.29, 0.717) is 24.6 Å². The van der Waals surface area contributed by atoms with Crippen LogP contribution in [-0.4, -0.2) is 28.9 Å². The van der Waals surface area contributed by atoms with Crippen molar-refractivity contribution < 1.29 is 9.90 Å². The molecule has 0 aromatic heterocycles. The Balaban J connectivity index is 2.25. The highest BCUT2D eigenvalue weighted by molar-refractivity contribution is 7.99. The van der Waals surface area contributed by atoms with Gasteiger partial charge in [0.15, 0.2) is 0 Å². The number of aryl methyl sites for hydroxylation is 1. The van der Waals surface area contributed by atoms with Crippen LogP contribution in [0.4, 0.5) is 0 Å². The number of hydrogen-bond acceptors (Lipinski definition) is 3. The van der Waals surface area contributed by atoms with Gasteiger partial charge in [-0.3, -0.25) is 4.79 Å². The summed E-state index contributed by atoms with van der Waals surface area (Å²) in [6, 6.07) is 8.32. The number of hydrogen-bond donors (Lipinski definition) is 2. The summed E-state index contributed by atoms with van der Waals surface area (Å²) in [7, 11) is 0. The molecule has 21 heavy (non-hydrogen) atoms. The average molecular weight is 309 g/mol. The van der Waals surface area contributed by atoms with Crippen LogP contribution in [-0.2, 0) is 10.5 Å². The zero-order valence-corrected chi connectivity index (χ0v) is 14.3. The maximum Gasteiger partial charge on any atom is 0.230 e. The van der Waals surface area contributed by atoms with Crippen molar-refractivity contribution in [3.8, 4) is 0 Å². The molecule has 0 bridgehead atoms. The number of carbonyl (C=O) groups is 1. The Morgan fingerprint density at radius 1 is 1.43 bits per heavy atom. The van der Waals surface area contributed by atoms with E-state index < -0.39 is 5.60 Å². The van der Waals surface area contributed by atoms with Gasteiger partial charge >= 0.3 is 0 Å². The first-order valence-corrected chi connectivity index (χ1v) is 8.56. The van der Waals surface area contributed by atoms with Gasteiger partial charge in [0.05, 0.1) is 11.4 Å². The Bertz CT molecular complexity index is 458. The van der Waals surface area contributed by atoms with Crippen molar-refractivity contribution in [1.29, 1.82) is 0 Å². The zero-order chi connectivity index (χ0) is 15.9. The number of amides is 1. The zero-order valence-electron chi connectivity index (χ0n) is 13.5. The Kier molecular flexibility index (Phi) is 7.26. The molecule has 0 aliphatic carbocycles. The van der Waals surface area contributed by atoms with Gasteiger partial charge in [-0.1, -0.05) is 43.7 Å². The van der Waals surface area contributed by atoms with Crippen molar-refractivity contribution >= 4 is 17.7 Å². The summed E-state index contributed by atoms with van der Waals surface area (Å²) in [4.78, 5) is 11.8. The van der Waals surface area contributed by atoms with Gasteiger partial charge in [-0.05, 0) is 31.7 Å². The van der Waals surface area contributed by atoms with E-state index in [1.807, 2.05) is 6.07 Å². The Labute approximate surface area is 132 Å². The van der Waals surface area contributed by atoms with Crippen LogP contribution in [0.3, 0.4) is 0 Å². The topological polar surface area (TPSA) is 49.3 Å². The second kappa shape index (κ2) is 8.44.